The Morgan fingerprint density at radius 3 is 2.31 bits per heavy atom. The van der Waals surface area contributed by atoms with E-state index in [1.165, 1.54) is 16.7 Å². The Balaban J connectivity index is 1.19. The van der Waals surface area contributed by atoms with Crippen molar-refractivity contribution in [1.82, 2.24) is 15.1 Å². The third-order valence-corrected chi connectivity index (χ3v) is 6.26. The first-order valence-corrected chi connectivity index (χ1v) is 11.8. The quantitative estimate of drug-likeness (QED) is 0.533. The van der Waals surface area contributed by atoms with Crippen molar-refractivity contribution >= 4 is 5.96 Å². The fraction of sp³-hybridized carbons (Fsp3) is 0.500. The summed E-state index contributed by atoms with van der Waals surface area (Å²) < 4.78 is 11.4. The van der Waals surface area contributed by atoms with Crippen molar-refractivity contribution in [2.45, 2.75) is 38.6 Å². The fourth-order valence-corrected chi connectivity index (χ4v) is 4.28. The Morgan fingerprint density at radius 2 is 1.62 bits per heavy atom. The molecule has 6 nitrogen and oxygen atoms in total. The number of benzene rings is 2. The number of nitrogens with zero attached hydrogens (tertiary/aromatic N) is 3. The lowest BCUT2D eigenvalue weighted by Crippen LogP contribution is -2.52. The number of piperazine rings is 1. The van der Waals surface area contributed by atoms with E-state index in [4.69, 9.17) is 9.47 Å². The molecule has 0 saturated carbocycles. The first-order valence-electron chi connectivity index (χ1n) is 11.8. The third-order valence-electron chi connectivity index (χ3n) is 6.26. The van der Waals surface area contributed by atoms with E-state index in [9.17, 15) is 0 Å². The van der Waals surface area contributed by atoms with Gasteiger partial charge in [0.15, 0.2) is 5.96 Å². The molecule has 0 atom stereocenters. The number of ether oxygens (including phenoxy) is 2. The van der Waals surface area contributed by atoms with Crippen LogP contribution in [0.2, 0.25) is 0 Å². The van der Waals surface area contributed by atoms with Crippen LogP contribution in [-0.4, -0.2) is 68.3 Å². The third kappa shape index (κ3) is 6.79. The number of nitrogens with one attached hydrogen (secondary N) is 1. The molecular weight excluding hydrogens is 400 g/mol. The van der Waals surface area contributed by atoms with Gasteiger partial charge in [-0.1, -0.05) is 54.6 Å². The van der Waals surface area contributed by atoms with Gasteiger partial charge >= 0.3 is 0 Å². The van der Waals surface area contributed by atoms with Crippen molar-refractivity contribution in [3.8, 4) is 0 Å². The van der Waals surface area contributed by atoms with Crippen LogP contribution in [0, 0.1) is 0 Å². The van der Waals surface area contributed by atoms with E-state index >= 15 is 0 Å². The zero-order valence-corrected chi connectivity index (χ0v) is 19.2. The van der Waals surface area contributed by atoms with Crippen LogP contribution in [-0.2, 0) is 29.2 Å². The van der Waals surface area contributed by atoms with Crippen LogP contribution in [0.5, 0.6) is 0 Å². The summed E-state index contributed by atoms with van der Waals surface area (Å²) in [5.41, 5.74) is 3.85. The van der Waals surface area contributed by atoms with E-state index in [0.717, 1.165) is 71.3 Å². The highest BCUT2D eigenvalue weighted by molar-refractivity contribution is 5.80. The Labute approximate surface area is 192 Å². The smallest absolute Gasteiger partial charge is 0.194 e. The van der Waals surface area contributed by atoms with Crippen LogP contribution in [0.4, 0.5) is 0 Å². The van der Waals surface area contributed by atoms with E-state index < -0.39 is 0 Å². The molecule has 0 bridgehead atoms. The molecule has 6 heteroatoms. The maximum Gasteiger partial charge on any atom is 0.194 e. The molecule has 172 valence electrons. The summed E-state index contributed by atoms with van der Waals surface area (Å²) in [5.74, 6) is 0.983. The molecule has 0 amide bonds. The summed E-state index contributed by atoms with van der Waals surface area (Å²) in [6.07, 6.45) is 2.34. The number of hydrogen-bond donors (Lipinski definition) is 1. The number of rotatable bonds is 7. The van der Waals surface area contributed by atoms with Gasteiger partial charge in [-0.2, -0.15) is 0 Å². The molecule has 2 aliphatic rings. The summed E-state index contributed by atoms with van der Waals surface area (Å²) in [6, 6.07) is 19.4. The van der Waals surface area contributed by atoms with E-state index in [0.29, 0.717) is 12.7 Å². The lowest BCUT2D eigenvalue weighted by molar-refractivity contribution is -0.0390. The van der Waals surface area contributed by atoms with Gasteiger partial charge in [-0.05, 0) is 29.5 Å². The number of aliphatic imine (C=N–C) groups is 1. The Morgan fingerprint density at radius 1 is 0.938 bits per heavy atom. The molecule has 2 aliphatic heterocycles. The zero-order valence-electron chi connectivity index (χ0n) is 19.2. The summed E-state index contributed by atoms with van der Waals surface area (Å²) >= 11 is 0. The van der Waals surface area contributed by atoms with Gasteiger partial charge in [-0.25, -0.2) is 0 Å². The molecule has 2 saturated heterocycles. The van der Waals surface area contributed by atoms with Crippen molar-refractivity contribution < 1.29 is 9.47 Å². The standard InChI is InChI=1S/C26H36N4O2/c1-27-26(30-15-13-29(14-16-30)20-23-5-3-2-4-6-23)28-19-22-7-9-24(10-8-22)21-32-25-11-17-31-18-12-25/h2-10,25H,11-21H2,1H3,(H,27,28). The first-order chi connectivity index (χ1) is 15.8. The molecule has 4 rings (SSSR count). The van der Waals surface area contributed by atoms with Crippen molar-refractivity contribution in [2.24, 2.45) is 4.99 Å². The first kappa shape index (κ1) is 22.8. The highest BCUT2D eigenvalue weighted by Gasteiger charge is 2.19. The van der Waals surface area contributed by atoms with Crippen LogP contribution in [0.3, 0.4) is 0 Å². The maximum absolute atomic E-state index is 6.02. The monoisotopic (exact) mass is 436 g/mol. The highest BCUT2D eigenvalue weighted by Crippen LogP contribution is 2.14. The second-order valence-electron chi connectivity index (χ2n) is 8.59. The van der Waals surface area contributed by atoms with Gasteiger partial charge in [-0.3, -0.25) is 9.89 Å². The van der Waals surface area contributed by atoms with Gasteiger partial charge in [0.05, 0.1) is 12.7 Å². The average Bonchev–Trinajstić information content (AvgIpc) is 2.86. The predicted molar refractivity (Wildman–Crippen MR) is 129 cm³/mol. The Kier molecular flexibility index (Phi) is 8.54. The zero-order chi connectivity index (χ0) is 22.0. The summed E-state index contributed by atoms with van der Waals surface area (Å²) in [7, 11) is 1.87. The summed E-state index contributed by atoms with van der Waals surface area (Å²) in [4.78, 5) is 9.39. The lowest BCUT2D eigenvalue weighted by Gasteiger charge is -2.36. The fourth-order valence-electron chi connectivity index (χ4n) is 4.28. The van der Waals surface area contributed by atoms with Crippen molar-refractivity contribution in [1.29, 1.82) is 0 Å². The van der Waals surface area contributed by atoms with Crippen LogP contribution in [0.15, 0.2) is 59.6 Å². The topological polar surface area (TPSA) is 49.3 Å². The highest BCUT2D eigenvalue weighted by atomic mass is 16.5. The molecule has 0 radical (unpaired) electrons. The molecule has 2 aromatic carbocycles. The molecule has 0 aliphatic carbocycles. The van der Waals surface area contributed by atoms with Gasteiger partial charge in [0.25, 0.3) is 0 Å². The Hall–Kier alpha value is -2.41. The van der Waals surface area contributed by atoms with Crippen molar-refractivity contribution in [3.05, 3.63) is 71.3 Å². The van der Waals surface area contributed by atoms with Crippen molar-refractivity contribution in [2.75, 3.05) is 46.4 Å². The minimum Gasteiger partial charge on any atom is -0.381 e. The second-order valence-corrected chi connectivity index (χ2v) is 8.59. The van der Waals surface area contributed by atoms with Gasteiger partial charge in [0, 0.05) is 59.5 Å². The predicted octanol–water partition coefficient (Wildman–Crippen LogP) is 3.28. The lowest BCUT2D eigenvalue weighted by atomic mass is 10.1. The van der Waals surface area contributed by atoms with Crippen LogP contribution in [0.25, 0.3) is 0 Å². The molecule has 2 aromatic rings. The van der Waals surface area contributed by atoms with E-state index in [2.05, 4.69) is 74.7 Å². The van der Waals surface area contributed by atoms with Crippen LogP contribution >= 0.6 is 0 Å². The minimum atomic E-state index is 0.335. The average molecular weight is 437 g/mol. The van der Waals surface area contributed by atoms with Crippen LogP contribution < -0.4 is 5.32 Å². The molecule has 0 unspecified atom stereocenters. The largest absolute Gasteiger partial charge is 0.381 e. The van der Waals surface area contributed by atoms with E-state index in [1.54, 1.807) is 0 Å². The summed E-state index contributed by atoms with van der Waals surface area (Å²) in [6.45, 7) is 8.20. The maximum atomic E-state index is 6.02. The molecule has 0 aromatic heterocycles. The molecule has 1 N–H and O–H groups in total. The summed E-state index contributed by atoms with van der Waals surface area (Å²) in [5, 5.41) is 3.54. The van der Waals surface area contributed by atoms with Gasteiger partial charge in [0.2, 0.25) is 0 Å². The molecule has 2 fully saturated rings. The van der Waals surface area contributed by atoms with Gasteiger partial charge < -0.3 is 19.7 Å². The molecule has 32 heavy (non-hydrogen) atoms. The van der Waals surface area contributed by atoms with E-state index in [1.807, 2.05) is 7.05 Å². The second kappa shape index (κ2) is 12.0. The van der Waals surface area contributed by atoms with Crippen molar-refractivity contribution in [3.63, 3.8) is 0 Å². The number of hydrogen-bond acceptors (Lipinski definition) is 4. The van der Waals surface area contributed by atoms with E-state index in [-0.39, 0.29) is 0 Å². The Bertz CT molecular complexity index is 827. The minimum absolute atomic E-state index is 0.335. The molecule has 2 heterocycles. The SMILES string of the molecule is CN=C(NCc1ccc(COC2CCOCC2)cc1)N1CCN(Cc2ccccc2)CC1. The molecular formula is C26H36N4O2. The molecule has 0 spiro atoms. The normalized spacial score (nSPS) is 18.7. The number of guanidine groups is 1. The van der Waals surface area contributed by atoms with Gasteiger partial charge in [0.1, 0.15) is 0 Å². The van der Waals surface area contributed by atoms with Crippen LogP contribution in [0.1, 0.15) is 29.5 Å². The van der Waals surface area contributed by atoms with Gasteiger partial charge in [-0.15, -0.1) is 0 Å².